The second kappa shape index (κ2) is 10.4. The average molecular weight is 492 g/mol. The number of rotatable bonds is 8. The highest BCUT2D eigenvalue weighted by Crippen LogP contribution is 2.26. The predicted molar refractivity (Wildman–Crippen MR) is 133 cm³/mol. The summed E-state index contributed by atoms with van der Waals surface area (Å²) in [4.78, 5) is 68.0. The molecule has 0 spiro atoms. The molecule has 11 nitrogen and oxygen atoms in total. The summed E-state index contributed by atoms with van der Waals surface area (Å²) in [5, 5.41) is 0. The summed E-state index contributed by atoms with van der Waals surface area (Å²) in [6, 6.07) is 15.0. The lowest BCUT2D eigenvalue weighted by atomic mass is 10.1. The van der Waals surface area contributed by atoms with Gasteiger partial charge < -0.3 is 10.5 Å². The van der Waals surface area contributed by atoms with Crippen LogP contribution in [0.25, 0.3) is 0 Å². The number of ether oxygens (including phenoxy) is 1. The molecule has 0 aliphatic carbocycles. The first-order valence-corrected chi connectivity index (χ1v) is 11.2. The molecule has 1 aliphatic rings. The minimum absolute atomic E-state index is 0.0265. The Morgan fingerprint density at radius 1 is 1.03 bits per heavy atom. The summed E-state index contributed by atoms with van der Waals surface area (Å²) < 4.78 is 6.16. The number of carbonyl (C=O) groups excluding carboxylic acids is 3. The molecular formula is C25H25N5O6. The minimum Gasteiger partial charge on any atom is -0.383 e. The Balaban J connectivity index is 1.82. The first-order chi connectivity index (χ1) is 17.3. The van der Waals surface area contributed by atoms with Crippen LogP contribution in [0, 0.1) is 0 Å². The fourth-order valence-electron chi connectivity index (χ4n) is 4.06. The lowest BCUT2D eigenvalue weighted by molar-refractivity contribution is -0.121. The second-order valence-electron chi connectivity index (χ2n) is 8.19. The van der Waals surface area contributed by atoms with Crippen molar-refractivity contribution in [1.29, 1.82) is 0 Å². The normalized spacial score (nSPS) is 13.3. The molecule has 3 N–H and O–H groups in total. The Bertz CT molecular complexity index is 1410. The first-order valence-electron chi connectivity index (χ1n) is 11.2. The van der Waals surface area contributed by atoms with Gasteiger partial charge in [-0.2, -0.15) is 0 Å². The highest BCUT2D eigenvalue weighted by Gasteiger charge is 2.31. The number of benzene rings is 2. The van der Waals surface area contributed by atoms with Gasteiger partial charge in [0, 0.05) is 25.5 Å². The fourth-order valence-corrected chi connectivity index (χ4v) is 4.06. The molecular weight excluding hydrogens is 466 g/mol. The lowest BCUT2D eigenvalue weighted by Gasteiger charge is -2.25. The van der Waals surface area contributed by atoms with E-state index in [1.807, 2.05) is 6.07 Å². The molecule has 3 amide bonds. The number of nitrogen functional groups attached to an aromatic ring is 1. The van der Waals surface area contributed by atoms with Crippen molar-refractivity contribution in [2.24, 2.45) is 0 Å². The largest absolute Gasteiger partial charge is 0.383 e. The van der Waals surface area contributed by atoms with Crippen molar-refractivity contribution in [3.05, 3.63) is 86.6 Å². The van der Waals surface area contributed by atoms with Gasteiger partial charge in [-0.15, -0.1) is 0 Å². The summed E-state index contributed by atoms with van der Waals surface area (Å²) in [5.74, 6) is -1.49. The van der Waals surface area contributed by atoms with E-state index in [1.54, 1.807) is 36.4 Å². The third kappa shape index (κ3) is 4.82. The number of imide groups is 1. The van der Waals surface area contributed by atoms with Crippen LogP contribution in [0.2, 0.25) is 0 Å². The smallest absolute Gasteiger partial charge is 0.330 e. The molecule has 0 saturated carbocycles. The fraction of sp³-hybridized carbons (Fsp3) is 0.240. The van der Waals surface area contributed by atoms with Crippen molar-refractivity contribution in [2.45, 2.75) is 25.9 Å². The van der Waals surface area contributed by atoms with E-state index in [9.17, 15) is 24.0 Å². The average Bonchev–Trinajstić information content (AvgIpc) is 3.21. The van der Waals surface area contributed by atoms with Crippen LogP contribution >= 0.6 is 0 Å². The molecule has 1 saturated heterocycles. The number of aromatic nitrogens is 2. The van der Waals surface area contributed by atoms with Crippen molar-refractivity contribution in [3.8, 4) is 0 Å². The third-order valence-corrected chi connectivity index (χ3v) is 5.83. The Kier molecular flexibility index (Phi) is 7.11. The van der Waals surface area contributed by atoms with Crippen LogP contribution in [0.1, 0.15) is 28.8 Å². The Morgan fingerprint density at radius 3 is 2.39 bits per heavy atom. The summed E-state index contributed by atoms with van der Waals surface area (Å²) in [6.45, 7) is 0.191. The van der Waals surface area contributed by atoms with Crippen LogP contribution in [0.5, 0.6) is 0 Å². The van der Waals surface area contributed by atoms with Crippen LogP contribution in [-0.4, -0.2) is 41.0 Å². The number of carbonyl (C=O) groups is 3. The van der Waals surface area contributed by atoms with E-state index in [4.69, 9.17) is 10.5 Å². The Labute approximate surface area is 205 Å². The van der Waals surface area contributed by atoms with Crippen LogP contribution in [0.3, 0.4) is 0 Å². The number of H-pyrrole nitrogens is 1. The van der Waals surface area contributed by atoms with Crippen molar-refractivity contribution in [2.75, 3.05) is 29.3 Å². The number of methoxy groups -OCH3 is 1. The molecule has 0 unspecified atom stereocenters. The van der Waals surface area contributed by atoms with Gasteiger partial charge in [0.15, 0.2) is 5.69 Å². The van der Waals surface area contributed by atoms with E-state index in [0.29, 0.717) is 5.56 Å². The quantitative estimate of drug-likeness (QED) is 0.451. The molecule has 11 heteroatoms. The van der Waals surface area contributed by atoms with E-state index < -0.39 is 17.2 Å². The molecule has 36 heavy (non-hydrogen) atoms. The van der Waals surface area contributed by atoms with Crippen LogP contribution in [0.15, 0.2) is 64.2 Å². The van der Waals surface area contributed by atoms with Gasteiger partial charge in [0.05, 0.1) is 25.4 Å². The number of nitrogens with two attached hydrogens (primary N) is 1. The molecule has 0 atom stereocenters. The Hall–Kier alpha value is -4.51. The number of nitrogens with one attached hydrogen (secondary N) is 1. The summed E-state index contributed by atoms with van der Waals surface area (Å²) in [7, 11) is 1.46. The van der Waals surface area contributed by atoms with Crippen molar-refractivity contribution < 1.29 is 19.1 Å². The molecule has 2 aromatic carbocycles. The molecule has 1 aliphatic heterocycles. The number of anilines is 3. The molecule has 186 valence electrons. The zero-order valence-electron chi connectivity index (χ0n) is 19.6. The maximum atomic E-state index is 13.8. The summed E-state index contributed by atoms with van der Waals surface area (Å²) in [5.41, 5.74) is 5.62. The van der Waals surface area contributed by atoms with Gasteiger partial charge in [0.2, 0.25) is 11.8 Å². The van der Waals surface area contributed by atoms with E-state index in [-0.39, 0.29) is 67.1 Å². The number of hydrogen-bond acceptors (Lipinski definition) is 7. The van der Waals surface area contributed by atoms with Gasteiger partial charge in [0.25, 0.3) is 11.5 Å². The lowest BCUT2D eigenvalue weighted by Crippen LogP contribution is -2.41. The van der Waals surface area contributed by atoms with Crippen LogP contribution in [-0.2, 0) is 27.4 Å². The van der Waals surface area contributed by atoms with Gasteiger partial charge in [-0.1, -0.05) is 36.4 Å². The van der Waals surface area contributed by atoms with Gasteiger partial charge >= 0.3 is 5.69 Å². The summed E-state index contributed by atoms with van der Waals surface area (Å²) in [6.07, 6.45) is 0.206. The van der Waals surface area contributed by atoms with Gasteiger partial charge in [-0.05, 0) is 23.8 Å². The van der Waals surface area contributed by atoms with Crippen LogP contribution in [0.4, 0.5) is 17.2 Å². The SMILES string of the molecule is COCCn1c(N)c(N(Cc2ccccc2)C(=O)c2cccc(N3C(=O)CCC3=O)c2)c(=O)[nH]c1=O. The predicted octanol–water partition coefficient (Wildman–Crippen LogP) is 1.27. The monoisotopic (exact) mass is 491 g/mol. The molecule has 0 bridgehead atoms. The standard InChI is InChI=1S/C25H25N5O6/c1-36-13-12-28-22(26)21(23(33)27-25(28)35)29(15-16-6-3-2-4-7-16)24(34)17-8-5-9-18(14-17)30-19(31)10-11-20(30)32/h2-9,14H,10-13,15,26H2,1H3,(H,27,33,35). The van der Waals surface area contributed by atoms with Gasteiger partial charge in [0.1, 0.15) is 5.82 Å². The van der Waals surface area contributed by atoms with Crippen molar-refractivity contribution >= 4 is 34.9 Å². The van der Waals surface area contributed by atoms with Gasteiger partial charge in [-0.25, -0.2) is 4.79 Å². The first kappa shape index (κ1) is 24.6. The number of amides is 3. The molecule has 2 heterocycles. The minimum atomic E-state index is -0.823. The summed E-state index contributed by atoms with van der Waals surface area (Å²) >= 11 is 0. The van der Waals surface area contributed by atoms with Crippen molar-refractivity contribution in [1.82, 2.24) is 9.55 Å². The van der Waals surface area contributed by atoms with E-state index >= 15 is 0 Å². The maximum absolute atomic E-state index is 13.8. The zero-order valence-corrected chi connectivity index (χ0v) is 19.6. The van der Waals surface area contributed by atoms with E-state index in [2.05, 4.69) is 4.98 Å². The molecule has 4 rings (SSSR count). The second-order valence-corrected chi connectivity index (χ2v) is 8.19. The Morgan fingerprint density at radius 2 is 1.72 bits per heavy atom. The third-order valence-electron chi connectivity index (χ3n) is 5.83. The molecule has 0 radical (unpaired) electrons. The number of nitrogens with zero attached hydrogens (tertiary/aromatic N) is 3. The maximum Gasteiger partial charge on any atom is 0.330 e. The van der Waals surface area contributed by atoms with Gasteiger partial charge in [-0.3, -0.25) is 38.5 Å². The molecule has 3 aromatic rings. The van der Waals surface area contributed by atoms with E-state index in [0.717, 1.165) is 9.47 Å². The molecule has 1 aromatic heterocycles. The molecule has 1 fully saturated rings. The number of aromatic amines is 1. The zero-order chi connectivity index (χ0) is 25.8. The van der Waals surface area contributed by atoms with E-state index in [1.165, 1.54) is 24.1 Å². The highest BCUT2D eigenvalue weighted by atomic mass is 16.5. The van der Waals surface area contributed by atoms with Crippen LogP contribution < -0.4 is 26.8 Å². The highest BCUT2D eigenvalue weighted by molar-refractivity contribution is 6.20. The number of hydrogen-bond donors (Lipinski definition) is 2. The van der Waals surface area contributed by atoms with Crippen molar-refractivity contribution in [3.63, 3.8) is 0 Å². The topological polar surface area (TPSA) is 148 Å².